The zero-order chi connectivity index (χ0) is 13.1. The number of benzene rings is 1. The molecule has 0 atom stereocenters. The summed E-state index contributed by atoms with van der Waals surface area (Å²) in [5, 5.41) is 16.4. The number of rotatable bonds is 2. The Balaban J connectivity index is 2.26. The molecule has 7 nitrogen and oxygen atoms in total. The molecule has 18 heavy (non-hydrogen) atoms. The van der Waals surface area contributed by atoms with Gasteiger partial charge in [-0.1, -0.05) is 0 Å². The van der Waals surface area contributed by atoms with Gasteiger partial charge in [0.15, 0.2) is 0 Å². The highest BCUT2D eigenvalue weighted by molar-refractivity contribution is 5.90. The standard InChI is InChI=1S/C10H7FN4O3/c11-8-3-2-7(15(17)18)6-9(8)13-10(16)14-5-1-4-12-14/h1-6H,(H,13,16). The summed E-state index contributed by atoms with van der Waals surface area (Å²) in [5.41, 5.74) is -0.586. The molecule has 1 aromatic carbocycles. The van der Waals surface area contributed by atoms with E-state index in [1.54, 1.807) is 0 Å². The fraction of sp³-hybridized carbons (Fsp3) is 0. The van der Waals surface area contributed by atoms with Crippen molar-refractivity contribution in [3.05, 3.63) is 52.6 Å². The Kier molecular flexibility index (Phi) is 3.00. The molecule has 0 bridgehead atoms. The predicted molar refractivity (Wildman–Crippen MR) is 59.7 cm³/mol. The van der Waals surface area contributed by atoms with Crippen LogP contribution in [0.2, 0.25) is 0 Å². The first-order valence-corrected chi connectivity index (χ1v) is 4.83. The highest BCUT2D eigenvalue weighted by Crippen LogP contribution is 2.21. The fourth-order valence-corrected chi connectivity index (χ4v) is 1.28. The van der Waals surface area contributed by atoms with Crippen LogP contribution >= 0.6 is 0 Å². The molecule has 0 aliphatic carbocycles. The number of carbonyl (C=O) groups excluding carboxylic acids is 1. The lowest BCUT2D eigenvalue weighted by Crippen LogP contribution is -2.20. The first-order valence-electron chi connectivity index (χ1n) is 4.83. The molecule has 92 valence electrons. The first kappa shape index (κ1) is 11.7. The van der Waals surface area contributed by atoms with E-state index in [-0.39, 0.29) is 11.4 Å². The van der Waals surface area contributed by atoms with E-state index >= 15 is 0 Å². The topological polar surface area (TPSA) is 90.1 Å². The summed E-state index contributed by atoms with van der Waals surface area (Å²) < 4.78 is 14.3. The minimum absolute atomic E-state index is 0.273. The largest absolute Gasteiger partial charge is 0.346 e. The van der Waals surface area contributed by atoms with Gasteiger partial charge in [-0.25, -0.2) is 9.18 Å². The molecular weight excluding hydrogens is 243 g/mol. The minimum Gasteiger partial charge on any atom is -0.303 e. The fourth-order valence-electron chi connectivity index (χ4n) is 1.28. The van der Waals surface area contributed by atoms with E-state index in [2.05, 4.69) is 10.4 Å². The van der Waals surface area contributed by atoms with E-state index in [1.807, 2.05) is 0 Å². The number of carbonyl (C=O) groups is 1. The number of amides is 1. The van der Waals surface area contributed by atoms with Gasteiger partial charge in [-0.05, 0) is 12.1 Å². The Bertz CT molecular complexity index is 597. The Morgan fingerprint density at radius 3 is 2.89 bits per heavy atom. The molecule has 0 spiro atoms. The van der Waals surface area contributed by atoms with Crippen LogP contribution in [0.4, 0.5) is 20.6 Å². The summed E-state index contributed by atoms with van der Waals surface area (Å²) in [6.45, 7) is 0. The number of aromatic nitrogens is 2. The van der Waals surface area contributed by atoms with Crippen molar-refractivity contribution in [2.75, 3.05) is 5.32 Å². The SMILES string of the molecule is O=C(Nc1cc([N+](=O)[O-])ccc1F)n1cccn1. The molecule has 0 saturated heterocycles. The van der Waals surface area contributed by atoms with Gasteiger partial charge in [0.1, 0.15) is 5.82 Å². The number of anilines is 1. The summed E-state index contributed by atoms with van der Waals surface area (Å²) in [6.07, 6.45) is 2.74. The third-order valence-electron chi connectivity index (χ3n) is 2.11. The molecule has 0 radical (unpaired) electrons. The van der Waals surface area contributed by atoms with Gasteiger partial charge in [0.2, 0.25) is 0 Å². The van der Waals surface area contributed by atoms with E-state index in [4.69, 9.17) is 0 Å². The van der Waals surface area contributed by atoms with Crippen LogP contribution in [0.25, 0.3) is 0 Å². The van der Waals surface area contributed by atoms with Crippen molar-refractivity contribution in [2.45, 2.75) is 0 Å². The van der Waals surface area contributed by atoms with Gasteiger partial charge < -0.3 is 5.32 Å². The third-order valence-corrected chi connectivity index (χ3v) is 2.11. The Labute approximate surface area is 100.0 Å². The maximum Gasteiger partial charge on any atom is 0.346 e. The molecule has 0 unspecified atom stereocenters. The summed E-state index contributed by atoms with van der Waals surface area (Å²) in [5.74, 6) is -0.763. The van der Waals surface area contributed by atoms with Crippen LogP contribution in [-0.4, -0.2) is 20.7 Å². The number of hydrogen-bond acceptors (Lipinski definition) is 4. The predicted octanol–water partition coefficient (Wildman–Crippen LogP) is 2.01. The smallest absolute Gasteiger partial charge is 0.303 e. The lowest BCUT2D eigenvalue weighted by Gasteiger charge is -2.05. The van der Waals surface area contributed by atoms with E-state index in [0.717, 1.165) is 22.9 Å². The second kappa shape index (κ2) is 4.62. The molecule has 2 rings (SSSR count). The maximum absolute atomic E-state index is 13.4. The molecule has 1 aromatic heterocycles. The molecule has 1 amide bonds. The lowest BCUT2D eigenvalue weighted by atomic mass is 10.2. The van der Waals surface area contributed by atoms with Gasteiger partial charge in [-0.15, -0.1) is 0 Å². The van der Waals surface area contributed by atoms with Crippen molar-refractivity contribution in [3.8, 4) is 0 Å². The third kappa shape index (κ3) is 2.32. The van der Waals surface area contributed by atoms with Gasteiger partial charge in [-0.3, -0.25) is 10.1 Å². The highest BCUT2D eigenvalue weighted by Gasteiger charge is 2.13. The van der Waals surface area contributed by atoms with Gasteiger partial charge >= 0.3 is 6.03 Å². The van der Waals surface area contributed by atoms with Crippen molar-refractivity contribution in [1.82, 2.24) is 9.78 Å². The van der Waals surface area contributed by atoms with Crippen molar-refractivity contribution in [2.24, 2.45) is 0 Å². The molecule has 8 heteroatoms. The van der Waals surface area contributed by atoms with E-state index in [1.165, 1.54) is 18.5 Å². The van der Waals surface area contributed by atoms with Gasteiger partial charge in [0.05, 0.1) is 10.6 Å². The number of nitrogens with zero attached hydrogens (tertiary/aromatic N) is 3. The zero-order valence-electron chi connectivity index (χ0n) is 8.91. The van der Waals surface area contributed by atoms with Crippen LogP contribution in [-0.2, 0) is 0 Å². The van der Waals surface area contributed by atoms with Gasteiger partial charge in [0.25, 0.3) is 5.69 Å². The lowest BCUT2D eigenvalue weighted by molar-refractivity contribution is -0.384. The van der Waals surface area contributed by atoms with Gasteiger partial charge in [0, 0.05) is 24.5 Å². The summed E-state index contributed by atoms with van der Waals surface area (Å²) in [7, 11) is 0. The monoisotopic (exact) mass is 250 g/mol. The molecule has 0 saturated carbocycles. The van der Waals surface area contributed by atoms with Crippen molar-refractivity contribution < 1.29 is 14.1 Å². The second-order valence-electron chi connectivity index (χ2n) is 3.30. The van der Waals surface area contributed by atoms with Crippen LogP contribution in [0.15, 0.2) is 36.7 Å². The molecule has 1 N–H and O–H groups in total. The molecule has 0 aliphatic heterocycles. The molecule has 0 aliphatic rings. The summed E-state index contributed by atoms with van der Waals surface area (Å²) >= 11 is 0. The normalized spacial score (nSPS) is 10.1. The molecule has 2 aromatic rings. The molecular formula is C10H7FN4O3. The zero-order valence-corrected chi connectivity index (χ0v) is 8.91. The number of hydrogen-bond donors (Lipinski definition) is 1. The van der Waals surface area contributed by atoms with Crippen LogP contribution < -0.4 is 5.32 Å². The van der Waals surface area contributed by atoms with Crippen molar-refractivity contribution >= 4 is 17.4 Å². The van der Waals surface area contributed by atoms with Crippen LogP contribution in [0.3, 0.4) is 0 Å². The van der Waals surface area contributed by atoms with Crippen LogP contribution in [0.5, 0.6) is 0 Å². The quantitative estimate of drug-likeness (QED) is 0.652. The Morgan fingerprint density at radius 1 is 1.50 bits per heavy atom. The van der Waals surface area contributed by atoms with E-state index in [0.29, 0.717) is 0 Å². The number of halogens is 1. The summed E-state index contributed by atoms with van der Waals surface area (Å²) in [4.78, 5) is 21.4. The Morgan fingerprint density at radius 2 is 2.28 bits per heavy atom. The highest BCUT2D eigenvalue weighted by atomic mass is 19.1. The number of nitrogens with one attached hydrogen (secondary N) is 1. The van der Waals surface area contributed by atoms with Crippen LogP contribution in [0.1, 0.15) is 0 Å². The first-order chi connectivity index (χ1) is 8.58. The minimum atomic E-state index is -0.763. The maximum atomic E-state index is 13.4. The number of nitro groups is 1. The van der Waals surface area contributed by atoms with Crippen molar-refractivity contribution in [3.63, 3.8) is 0 Å². The number of non-ortho nitro benzene ring substituents is 1. The average Bonchev–Trinajstić information content (AvgIpc) is 2.85. The van der Waals surface area contributed by atoms with E-state index < -0.39 is 16.8 Å². The van der Waals surface area contributed by atoms with Crippen LogP contribution in [0, 0.1) is 15.9 Å². The average molecular weight is 250 g/mol. The van der Waals surface area contributed by atoms with E-state index in [9.17, 15) is 19.3 Å². The summed E-state index contributed by atoms with van der Waals surface area (Å²) in [6, 6.07) is 3.68. The molecule has 0 fully saturated rings. The molecule has 1 heterocycles. The Hall–Kier alpha value is -2.77. The van der Waals surface area contributed by atoms with Gasteiger partial charge in [-0.2, -0.15) is 9.78 Å². The number of nitro benzene ring substituents is 1. The second-order valence-corrected chi connectivity index (χ2v) is 3.30. The van der Waals surface area contributed by atoms with Crippen molar-refractivity contribution in [1.29, 1.82) is 0 Å².